The average Bonchev–Trinajstić information content (AvgIpc) is 2.13. The Kier molecular flexibility index (Phi) is 2.32. The molecule has 0 N–H and O–H groups in total. The van der Waals surface area contributed by atoms with Crippen molar-refractivity contribution in [3.63, 3.8) is 0 Å². The molecule has 1 rings (SSSR count). The van der Waals surface area contributed by atoms with Crippen LogP contribution < -0.4 is 0 Å². The maximum atomic E-state index is 8.54. The van der Waals surface area contributed by atoms with E-state index < -0.39 is 0 Å². The number of hydrogen-bond acceptors (Lipinski definition) is 1. The highest BCUT2D eigenvalue weighted by molar-refractivity contribution is 4.93. The van der Waals surface area contributed by atoms with E-state index in [4.69, 9.17) is 5.26 Å². The predicted octanol–water partition coefficient (Wildman–Crippen LogP) is 2.26. The molecule has 1 aliphatic rings. The highest BCUT2D eigenvalue weighted by atomic mass is 14.3. The van der Waals surface area contributed by atoms with Gasteiger partial charge in [-0.25, -0.2) is 0 Å². The molecular formula is C8H11N. The smallest absolute Gasteiger partial charge is 0.0656 e. The Labute approximate surface area is 56.0 Å². The van der Waals surface area contributed by atoms with Gasteiger partial charge >= 0.3 is 0 Å². The fraction of sp³-hybridized carbons (Fsp3) is 0.625. The zero-order valence-corrected chi connectivity index (χ0v) is 5.51. The summed E-state index contributed by atoms with van der Waals surface area (Å²) in [5.74, 6) is 0.319. The molecule has 0 saturated carbocycles. The second kappa shape index (κ2) is 3.29. The van der Waals surface area contributed by atoms with E-state index in [2.05, 4.69) is 18.2 Å². The first kappa shape index (κ1) is 6.35. The maximum absolute atomic E-state index is 8.54. The minimum Gasteiger partial charge on any atom is -0.198 e. The first-order valence-corrected chi connectivity index (χ1v) is 3.48. The van der Waals surface area contributed by atoms with Gasteiger partial charge in [-0.3, -0.25) is 0 Å². The maximum Gasteiger partial charge on any atom is 0.0656 e. The quantitative estimate of drug-likeness (QED) is 0.451. The molecule has 0 aliphatic heterocycles. The topological polar surface area (TPSA) is 23.8 Å². The summed E-state index contributed by atoms with van der Waals surface area (Å²) >= 11 is 0. The molecule has 0 spiro atoms. The van der Waals surface area contributed by atoms with Crippen molar-refractivity contribution >= 4 is 0 Å². The van der Waals surface area contributed by atoms with Crippen LogP contribution in [0.4, 0.5) is 0 Å². The van der Waals surface area contributed by atoms with E-state index in [0.29, 0.717) is 5.92 Å². The third-order valence-corrected chi connectivity index (χ3v) is 1.71. The number of hydrogen-bond donors (Lipinski definition) is 0. The van der Waals surface area contributed by atoms with Gasteiger partial charge in [-0.05, 0) is 25.7 Å². The molecule has 1 aliphatic carbocycles. The molecule has 0 fully saturated rings. The van der Waals surface area contributed by atoms with Crippen molar-refractivity contribution in [2.75, 3.05) is 0 Å². The molecule has 1 heteroatoms. The van der Waals surface area contributed by atoms with E-state index in [-0.39, 0.29) is 0 Å². The van der Waals surface area contributed by atoms with E-state index in [0.717, 1.165) is 25.7 Å². The minimum atomic E-state index is 0.319. The van der Waals surface area contributed by atoms with Crippen molar-refractivity contribution in [3.05, 3.63) is 12.2 Å². The summed E-state index contributed by atoms with van der Waals surface area (Å²) in [6.45, 7) is 0. The molecule has 0 bridgehead atoms. The molecule has 1 nitrogen and oxygen atoms in total. The fourth-order valence-electron chi connectivity index (χ4n) is 1.10. The standard InChI is InChI=1S/C8H11N/c9-7-8-5-3-1-2-4-6-8/h1-2,8H,3-6H2. The average molecular weight is 121 g/mol. The van der Waals surface area contributed by atoms with Gasteiger partial charge in [0.25, 0.3) is 0 Å². The Morgan fingerprint density at radius 2 is 1.78 bits per heavy atom. The van der Waals surface area contributed by atoms with Crippen LogP contribution in [0.1, 0.15) is 25.7 Å². The van der Waals surface area contributed by atoms with E-state index in [9.17, 15) is 0 Å². The van der Waals surface area contributed by atoms with Gasteiger partial charge in [0.05, 0.1) is 6.07 Å². The first-order valence-electron chi connectivity index (χ1n) is 3.48. The van der Waals surface area contributed by atoms with Gasteiger partial charge in [-0.15, -0.1) is 0 Å². The van der Waals surface area contributed by atoms with Gasteiger partial charge in [0.15, 0.2) is 0 Å². The largest absolute Gasteiger partial charge is 0.198 e. The summed E-state index contributed by atoms with van der Waals surface area (Å²) in [4.78, 5) is 0. The van der Waals surface area contributed by atoms with Crippen molar-refractivity contribution < 1.29 is 0 Å². The van der Waals surface area contributed by atoms with Crippen LogP contribution in [-0.4, -0.2) is 0 Å². The number of nitrogens with zero attached hydrogens (tertiary/aromatic N) is 1. The Balaban J connectivity index is 2.37. The molecule has 0 aromatic rings. The molecular weight excluding hydrogens is 110 g/mol. The van der Waals surface area contributed by atoms with Gasteiger partial charge in [-0.2, -0.15) is 5.26 Å². The highest BCUT2D eigenvalue weighted by Crippen LogP contribution is 2.16. The van der Waals surface area contributed by atoms with Crippen LogP contribution in [0.25, 0.3) is 0 Å². The SMILES string of the molecule is N#CC1CCC=CCC1. The first-order chi connectivity index (χ1) is 4.43. The van der Waals surface area contributed by atoms with Gasteiger partial charge in [-0.1, -0.05) is 12.2 Å². The van der Waals surface area contributed by atoms with Crippen molar-refractivity contribution in [1.29, 1.82) is 5.26 Å². The monoisotopic (exact) mass is 121 g/mol. The Bertz CT molecular complexity index is 131. The third kappa shape index (κ3) is 1.89. The van der Waals surface area contributed by atoms with E-state index in [1.54, 1.807) is 0 Å². The summed E-state index contributed by atoms with van der Waals surface area (Å²) < 4.78 is 0. The molecule has 9 heavy (non-hydrogen) atoms. The molecule has 0 aromatic carbocycles. The van der Waals surface area contributed by atoms with Crippen LogP contribution >= 0.6 is 0 Å². The predicted molar refractivity (Wildman–Crippen MR) is 36.7 cm³/mol. The molecule has 0 heterocycles. The molecule has 0 amide bonds. The van der Waals surface area contributed by atoms with Gasteiger partial charge in [0.2, 0.25) is 0 Å². The zero-order chi connectivity index (χ0) is 6.53. The van der Waals surface area contributed by atoms with Crippen LogP contribution in [0.3, 0.4) is 0 Å². The molecule has 0 atom stereocenters. The summed E-state index contributed by atoms with van der Waals surface area (Å²) in [7, 11) is 0. The van der Waals surface area contributed by atoms with Crippen molar-refractivity contribution in [2.24, 2.45) is 5.92 Å². The van der Waals surface area contributed by atoms with Crippen LogP contribution in [0.15, 0.2) is 12.2 Å². The van der Waals surface area contributed by atoms with E-state index in [1.165, 1.54) is 0 Å². The fourth-order valence-corrected chi connectivity index (χ4v) is 1.10. The molecule has 0 saturated heterocycles. The van der Waals surface area contributed by atoms with E-state index >= 15 is 0 Å². The Morgan fingerprint density at radius 3 is 2.22 bits per heavy atom. The lowest BCUT2D eigenvalue weighted by Crippen LogP contribution is -1.92. The Hall–Kier alpha value is -0.770. The summed E-state index contributed by atoms with van der Waals surface area (Å²) in [6, 6.07) is 2.30. The zero-order valence-electron chi connectivity index (χ0n) is 5.51. The van der Waals surface area contributed by atoms with Crippen molar-refractivity contribution in [3.8, 4) is 6.07 Å². The second-order valence-corrected chi connectivity index (χ2v) is 2.45. The highest BCUT2D eigenvalue weighted by Gasteiger charge is 2.06. The van der Waals surface area contributed by atoms with E-state index in [1.807, 2.05) is 0 Å². The van der Waals surface area contributed by atoms with Crippen LogP contribution in [0, 0.1) is 17.2 Å². The summed E-state index contributed by atoms with van der Waals surface area (Å²) in [6.07, 6.45) is 8.67. The van der Waals surface area contributed by atoms with Crippen molar-refractivity contribution in [1.82, 2.24) is 0 Å². The lowest BCUT2D eigenvalue weighted by atomic mass is 10.0. The number of rotatable bonds is 0. The van der Waals surface area contributed by atoms with Crippen LogP contribution in [-0.2, 0) is 0 Å². The van der Waals surface area contributed by atoms with Crippen LogP contribution in [0.5, 0.6) is 0 Å². The van der Waals surface area contributed by atoms with Gasteiger partial charge < -0.3 is 0 Å². The number of nitriles is 1. The minimum absolute atomic E-state index is 0.319. The van der Waals surface area contributed by atoms with Crippen molar-refractivity contribution in [2.45, 2.75) is 25.7 Å². The van der Waals surface area contributed by atoms with Crippen LogP contribution in [0.2, 0.25) is 0 Å². The van der Waals surface area contributed by atoms with Gasteiger partial charge in [0, 0.05) is 5.92 Å². The normalized spacial score (nSPS) is 20.8. The van der Waals surface area contributed by atoms with Gasteiger partial charge in [0.1, 0.15) is 0 Å². The molecule has 48 valence electrons. The second-order valence-electron chi connectivity index (χ2n) is 2.45. The lowest BCUT2D eigenvalue weighted by Gasteiger charge is -1.99. The summed E-state index contributed by atoms with van der Waals surface area (Å²) in [5, 5.41) is 8.54. The molecule has 0 aromatic heterocycles. The molecule has 0 radical (unpaired) electrons. The number of allylic oxidation sites excluding steroid dienone is 2. The summed E-state index contributed by atoms with van der Waals surface area (Å²) in [5.41, 5.74) is 0. The lowest BCUT2D eigenvalue weighted by molar-refractivity contribution is 0.582. The molecule has 0 unspecified atom stereocenters. The third-order valence-electron chi connectivity index (χ3n) is 1.71. The Morgan fingerprint density at radius 1 is 1.22 bits per heavy atom.